The third-order valence-corrected chi connectivity index (χ3v) is 6.02. The molecule has 0 unspecified atom stereocenters. The molecule has 170 valence electrons. The van der Waals surface area contributed by atoms with Crippen LogP contribution < -0.4 is 14.8 Å². The van der Waals surface area contributed by atoms with Crippen molar-refractivity contribution in [1.29, 1.82) is 0 Å². The average molecular weight is 436 g/mol. The standard InChI is InChI=1S/C27H33NO4/c1-4-29-27(30-5-2)16-24(23-12-13-25-26(15-23)32-18-31-25)19(3)28-17-20-10-11-21-8-6-7-9-22(21)14-20/h6-15,19,24,27-28H,4-5,16-18H2,1-3H3/t19-,24+/m0/s1. The van der Waals surface area contributed by atoms with E-state index in [0.717, 1.165) is 24.5 Å². The maximum absolute atomic E-state index is 5.88. The van der Waals surface area contributed by atoms with E-state index < -0.39 is 0 Å². The summed E-state index contributed by atoms with van der Waals surface area (Å²) in [6, 6.07) is 21.5. The van der Waals surface area contributed by atoms with Crippen LogP contribution in [0.25, 0.3) is 10.8 Å². The van der Waals surface area contributed by atoms with Crippen molar-refractivity contribution in [2.24, 2.45) is 0 Å². The lowest BCUT2D eigenvalue weighted by Crippen LogP contribution is -2.35. The molecule has 0 amide bonds. The topological polar surface area (TPSA) is 49.0 Å². The van der Waals surface area contributed by atoms with Crippen LogP contribution in [0.2, 0.25) is 0 Å². The minimum Gasteiger partial charge on any atom is -0.454 e. The van der Waals surface area contributed by atoms with Gasteiger partial charge in [0, 0.05) is 38.1 Å². The van der Waals surface area contributed by atoms with Gasteiger partial charge < -0.3 is 24.3 Å². The van der Waals surface area contributed by atoms with Gasteiger partial charge in [0.25, 0.3) is 0 Å². The number of nitrogens with one attached hydrogen (secondary N) is 1. The summed E-state index contributed by atoms with van der Waals surface area (Å²) in [5, 5.41) is 6.26. The molecule has 0 saturated carbocycles. The summed E-state index contributed by atoms with van der Waals surface area (Å²) in [4.78, 5) is 0. The number of hydrogen-bond donors (Lipinski definition) is 1. The predicted octanol–water partition coefficient (Wildman–Crippen LogP) is 5.62. The molecular weight excluding hydrogens is 402 g/mol. The van der Waals surface area contributed by atoms with Gasteiger partial charge in [-0.05, 0) is 60.9 Å². The van der Waals surface area contributed by atoms with Crippen LogP contribution in [-0.2, 0) is 16.0 Å². The molecular formula is C27H33NO4. The molecule has 2 atom stereocenters. The van der Waals surface area contributed by atoms with E-state index in [0.29, 0.717) is 13.2 Å². The van der Waals surface area contributed by atoms with Crippen molar-refractivity contribution in [2.45, 2.75) is 52.0 Å². The van der Waals surface area contributed by atoms with Gasteiger partial charge in [0.15, 0.2) is 17.8 Å². The summed E-state index contributed by atoms with van der Waals surface area (Å²) in [6.07, 6.45) is 0.512. The van der Waals surface area contributed by atoms with Crippen molar-refractivity contribution in [3.8, 4) is 11.5 Å². The zero-order valence-corrected chi connectivity index (χ0v) is 19.2. The van der Waals surface area contributed by atoms with Gasteiger partial charge in [-0.2, -0.15) is 0 Å². The van der Waals surface area contributed by atoms with Crippen LogP contribution in [0, 0.1) is 0 Å². The van der Waals surface area contributed by atoms with Crippen molar-refractivity contribution in [3.05, 3.63) is 71.8 Å². The lowest BCUT2D eigenvalue weighted by Gasteiger charge is -2.29. The van der Waals surface area contributed by atoms with E-state index in [1.165, 1.54) is 21.9 Å². The third kappa shape index (κ3) is 5.41. The van der Waals surface area contributed by atoms with Gasteiger partial charge in [-0.25, -0.2) is 0 Å². The van der Waals surface area contributed by atoms with E-state index in [1.807, 2.05) is 19.9 Å². The van der Waals surface area contributed by atoms with E-state index in [2.05, 4.69) is 66.8 Å². The second-order valence-corrected chi connectivity index (χ2v) is 8.15. The van der Waals surface area contributed by atoms with Gasteiger partial charge in [0.1, 0.15) is 0 Å². The van der Waals surface area contributed by atoms with Gasteiger partial charge in [-0.15, -0.1) is 0 Å². The Morgan fingerprint density at radius 2 is 1.62 bits per heavy atom. The maximum atomic E-state index is 5.88. The minimum absolute atomic E-state index is 0.188. The highest BCUT2D eigenvalue weighted by Gasteiger charge is 2.26. The molecule has 0 bridgehead atoms. The molecule has 1 aliphatic heterocycles. The molecule has 1 N–H and O–H groups in total. The van der Waals surface area contributed by atoms with Crippen LogP contribution >= 0.6 is 0 Å². The van der Waals surface area contributed by atoms with Crippen molar-refractivity contribution in [3.63, 3.8) is 0 Å². The fourth-order valence-electron chi connectivity index (χ4n) is 4.31. The molecule has 0 aliphatic carbocycles. The average Bonchev–Trinajstić information content (AvgIpc) is 3.29. The first-order chi connectivity index (χ1) is 15.7. The minimum atomic E-state index is -0.245. The quantitative estimate of drug-likeness (QED) is 0.396. The SMILES string of the molecule is CCOC(C[C@@H](c1ccc2c(c1)OCO2)[C@H](C)NCc1ccc2ccccc2c1)OCC. The first-order valence-corrected chi connectivity index (χ1v) is 11.5. The lowest BCUT2D eigenvalue weighted by atomic mass is 9.88. The van der Waals surface area contributed by atoms with E-state index in [1.54, 1.807) is 0 Å². The van der Waals surface area contributed by atoms with Gasteiger partial charge in [-0.1, -0.05) is 42.5 Å². The zero-order valence-electron chi connectivity index (χ0n) is 19.2. The Balaban J connectivity index is 1.52. The lowest BCUT2D eigenvalue weighted by molar-refractivity contribution is -0.143. The fourth-order valence-corrected chi connectivity index (χ4v) is 4.31. The molecule has 3 aromatic carbocycles. The number of benzene rings is 3. The van der Waals surface area contributed by atoms with Crippen LogP contribution in [0.1, 0.15) is 44.2 Å². The van der Waals surface area contributed by atoms with E-state index in [-0.39, 0.29) is 25.0 Å². The molecule has 5 heteroatoms. The largest absolute Gasteiger partial charge is 0.454 e. The Morgan fingerprint density at radius 1 is 0.875 bits per heavy atom. The molecule has 0 spiro atoms. The summed E-state index contributed by atoms with van der Waals surface area (Å²) in [7, 11) is 0. The van der Waals surface area contributed by atoms with Crippen LogP contribution in [-0.4, -0.2) is 32.3 Å². The van der Waals surface area contributed by atoms with Crippen molar-refractivity contribution in [1.82, 2.24) is 5.32 Å². The molecule has 1 heterocycles. The fraction of sp³-hybridized carbons (Fsp3) is 0.407. The van der Waals surface area contributed by atoms with Crippen LogP contribution in [0.15, 0.2) is 60.7 Å². The smallest absolute Gasteiger partial charge is 0.231 e. The van der Waals surface area contributed by atoms with E-state index >= 15 is 0 Å². The first-order valence-electron chi connectivity index (χ1n) is 11.5. The molecule has 0 aromatic heterocycles. The summed E-state index contributed by atoms with van der Waals surface area (Å²) >= 11 is 0. The van der Waals surface area contributed by atoms with Crippen molar-refractivity contribution < 1.29 is 18.9 Å². The molecule has 0 radical (unpaired) electrons. The normalized spacial score (nSPS) is 14.8. The highest BCUT2D eigenvalue weighted by molar-refractivity contribution is 5.82. The molecule has 0 saturated heterocycles. The van der Waals surface area contributed by atoms with Crippen LogP contribution in [0.5, 0.6) is 11.5 Å². The van der Waals surface area contributed by atoms with Gasteiger partial charge in [0.05, 0.1) is 0 Å². The Bertz CT molecular complexity index is 1020. The Morgan fingerprint density at radius 3 is 2.41 bits per heavy atom. The molecule has 5 nitrogen and oxygen atoms in total. The second kappa shape index (κ2) is 10.8. The number of ether oxygens (including phenoxy) is 4. The zero-order chi connectivity index (χ0) is 22.3. The third-order valence-electron chi connectivity index (χ3n) is 6.02. The molecule has 3 aromatic rings. The molecule has 32 heavy (non-hydrogen) atoms. The van der Waals surface area contributed by atoms with E-state index in [4.69, 9.17) is 18.9 Å². The highest BCUT2D eigenvalue weighted by atomic mass is 16.7. The Kier molecular flexibility index (Phi) is 7.63. The predicted molar refractivity (Wildman–Crippen MR) is 127 cm³/mol. The first kappa shape index (κ1) is 22.6. The summed E-state index contributed by atoms with van der Waals surface area (Å²) in [6.45, 7) is 8.55. The van der Waals surface area contributed by atoms with Crippen LogP contribution in [0.4, 0.5) is 0 Å². The Labute approximate surface area is 190 Å². The second-order valence-electron chi connectivity index (χ2n) is 8.15. The summed E-state index contributed by atoms with van der Waals surface area (Å²) in [5.41, 5.74) is 2.46. The molecule has 1 aliphatic rings. The van der Waals surface area contributed by atoms with E-state index in [9.17, 15) is 0 Å². The highest BCUT2D eigenvalue weighted by Crippen LogP contribution is 2.37. The number of fused-ring (bicyclic) bond motifs is 2. The number of rotatable bonds is 11. The number of hydrogen-bond acceptors (Lipinski definition) is 5. The van der Waals surface area contributed by atoms with Crippen molar-refractivity contribution >= 4 is 10.8 Å². The molecule has 4 rings (SSSR count). The monoisotopic (exact) mass is 435 g/mol. The van der Waals surface area contributed by atoms with Gasteiger partial charge in [0.2, 0.25) is 6.79 Å². The van der Waals surface area contributed by atoms with Crippen LogP contribution in [0.3, 0.4) is 0 Å². The van der Waals surface area contributed by atoms with Crippen molar-refractivity contribution in [2.75, 3.05) is 20.0 Å². The maximum Gasteiger partial charge on any atom is 0.231 e. The van der Waals surface area contributed by atoms with Gasteiger partial charge in [-0.3, -0.25) is 0 Å². The summed E-state index contributed by atoms with van der Waals surface area (Å²) in [5.74, 6) is 1.79. The Hall–Kier alpha value is -2.60. The molecule has 0 fully saturated rings. The summed E-state index contributed by atoms with van der Waals surface area (Å²) < 4.78 is 22.9. The van der Waals surface area contributed by atoms with Gasteiger partial charge >= 0.3 is 0 Å².